The number of piperazine rings is 1. The summed E-state index contributed by atoms with van der Waals surface area (Å²) in [4.78, 5) is 2.76. The standard InChI is InChI=1S/C25H26F5N7O2S/c1-16-10-21-18(13-32-37(21)19-5-3-4-17(11-19)24(26)27)12-20(16)22-15-36(9-8-35(22)7-6-25(28,29)30)40(38,39)23-14-31-34(2)33-23/h3-5,10-14,22,24H,6-9,15H2,1-2H3. The zero-order valence-corrected chi connectivity index (χ0v) is 22.4. The minimum absolute atomic E-state index is 0.00698. The second-order valence-corrected chi connectivity index (χ2v) is 11.6. The first kappa shape index (κ1) is 28.1. The van der Waals surface area contributed by atoms with Crippen LogP contribution in [0.2, 0.25) is 0 Å². The third-order valence-corrected chi connectivity index (χ3v) is 8.73. The minimum Gasteiger partial charge on any atom is -0.293 e. The molecule has 3 heterocycles. The van der Waals surface area contributed by atoms with E-state index in [0.29, 0.717) is 27.7 Å². The first-order chi connectivity index (χ1) is 18.8. The van der Waals surface area contributed by atoms with Crippen LogP contribution in [-0.2, 0) is 17.1 Å². The molecule has 1 atom stereocenters. The summed E-state index contributed by atoms with van der Waals surface area (Å²) >= 11 is 0. The van der Waals surface area contributed by atoms with E-state index in [9.17, 15) is 30.4 Å². The Bertz CT molecular complexity index is 1630. The SMILES string of the molecule is Cc1cc2c(cnn2-c2cccc(C(F)F)c2)cc1C1CN(S(=O)(=O)c2cnn(C)n2)CCN1CCC(F)(F)F. The lowest BCUT2D eigenvalue weighted by atomic mass is 9.96. The van der Waals surface area contributed by atoms with Crippen molar-refractivity contribution < 1.29 is 30.4 Å². The van der Waals surface area contributed by atoms with Crippen LogP contribution in [0.25, 0.3) is 16.6 Å². The van der Waals surface area contributed by atoms with Gasteiger partial charge in [0.1, 0.15) is 0 Å². The van der Waals surface area contributed by atoms with Crippen molar-refractivity contribution in [1.82, 2.24) is 34.0 Å². The van der Waals surface area contributed by atoms with Gasteiger partial charge in [-0.25, -0.2) is 21.9 Å². The predicted molar refractivity (Wildman–Crippen MR) is 136 cm³/mol. The Balaban J connectivity index is 1.53. The van der Waals surface area contributed by atoms with Gasteiger partial charge in [-0.3, -0.25) is 4.90 Å². The minimum atomic E-state index is -4.37. The highest BCUT2D eigenvalue weighted by Crippen LogP contribution is 2.35. The van der Waals surface area contributed by atoms with Crippen LogP contribution in [-0.4, -0.2) is 74.8 Å². The van der Waals surface area contributed by atoms with E-state index in [0.717, 1.165) is 11.0 Å². The number of halogens is 5. The predicted octanol–water partition coefficient (Wildman–Crippen LogP) is 4.40. The largest absolute Gasteiger partial charge is 0.390 e. The Kier molecular flexibility index (Phi) is 7.39. The van der Waals surface area contributed by atoms with Gasteiger partial charge in [-0.05, 0) is 42.3 Å². The van der Waals surface area contributed by atoms with Crippen LogP contribution in [0.5, 0.6) is 0 Å². The number of hydrogen-bond donors (Lipinski definition) is 0. The lowest BCUT2D eigenvalue weighted by Crippen LogP contribution is -2.51. The number of fused-ring (bicyclic) bond motifs is 1. The molecule has 1 saturated heterocycles. The smallest absolute Gasteiger partial charge is 0.293 e. The van der Waals surface area contributed by atoms with Crippen LogP contribution < -0.4 is 0 Å². The maximum Gasteiger partial charge on any atom is 0.390 e. The number of rotatable bonds is 7. The van der Waals surface area contributed by atoms with Crippen LogP contribution >= 0.6 is 0 Å². The number of aryl methyl sites for hydroxylation is 2. The third kappa shape index (κ3) is 5.58. The van der Waals surface area contributed by atoms with Gasteiger partial charge >= 0.3 is 6.18 Å². The van der Waals surface area contributed by atoms with Gasteiger partial charge in [-0.15, -0.1) is 5.10 Å². The molecule has 0 saturated carbocycles. The van der Waals surface area contributed by atoms with E-state index < -0.39 is 35.1 Å². The summed E-state index contributed by atoms with van der Waals surface area (Å²) in [6.07, 6.45) is -5.38. The van der Waals surface area contributed by atoms with Gasteiger partial charge in [-0.1, -0.05) is 12.1 Å². The number of hydrogen-bond acceptors (Lipinski definition) is 6. The molecule has 4 aromatic rings. The van der Waals surface area contributed by atoms with Crippen molar-refractivity contribution in [3.8, 4) is 5.69 Å². The molecule has 1 unspecified atom stereocenters. The highest BCUT2D eigenvalue weighted by Gasteiger charge is 2.38. The molecule has 9 nitrogen and oxygen atoms in total. The summed E-state index contributed by atoms with van der Waals surface area (Å²) in [6.45, 7) is 1.46. The molecule has 40 heavy (non-hydrogen) atoms. The molecule has 0 spiro atoms. The van der Waals surface area contributed by atoms with Gasteiger partial charge in [0, 0.05) is 50.2 Å². The second kappa shape index (κ2) is 10.5. The summed E-state index contributed by atoms with van der Waals surface area (Å²) in [5.74, 6) is 0. The Labute approximate surface area is 226 Å². The number of benzene rings is 2. The van der Waals surface area contributed by atoms with Crippen molar-refractivity contribution in [1.29, 1.82) is 0 Å². The zero-order valence-electron chi connectivity index (χ0n) is 21.6. The fraction of sp³-hybridized carbons (Fsp3) is 0.400. The second-order valence-electron chi connectivity index (χ2n) is 9.67. The summed E-state index contributed by atoms with van der Waals surface area (Å²) in [5, 5.41) is 12.5. The monoisotopic (exact) mass is 583 g/mol. The van der Waals surface area contributed by atoms with E-state index in [1.165, 1.54) is 34.2 Å². The van der Waals surface area contributed by atoms with E-state index in [2.05, 4.69) is 15.3 Å². The number of sulfonamides is 1. The van der Waals surface area contributed by atoms with E-state index in [4.69, 9.17) is 0 Å². The quantitative estimate of drug-likeness (QED) is 0.300. The zero-order chi connectivity index (χ0) is 28.8. The Morgan fingerprint density at radius 2 is 1.85 bits per heavy atom. The fourth-order valence-corrected chi connectivity index (χ4v) is 6.30. The lowest BCUT2D eigenvalue weighted by molar-refractivity contribution is -0.140. The summed E-state index contributed by atoms with van der Waals surface area (Å²) in [6, 6.07) is 8.70. The Morgan fingerprint density at radius 3 is 2.52 bits per heavy atom. The van der Waals surface area contributed by atoms with E-state index in [1.807, 2.05) is 0 Å². The van der Waals surface area contributed by atoms with Gasteiger partial charge in [0.2, 0.25) is 5.03 Å². The molecule has 5 rings (SSSR count). The number of alkyl halides is 5. The number of aromatic nitrogens is 5. The maximum atomic E-state index is 13.3. The lowest BCUT2D eigenvalue weighted by Gasteiger charge is -2.41. The molecular weight excluding hydrogens is 557 g/mol. The molecule has 0 radical (unpaired) electrons. The molecule has 2 aromatic heterocycles. The summed E-state index contributed by atoms with van der Waals surface area (Å²) in [5.41, 5.74) is 2.25. The third-order valence-electron chi connectivity index (χ3n) is 7.00. The van der Waals surface area contributed by atoms with Crippen molar-refractivity contribution in [3.63, 3.8) is 0 Å². The molecule has 1 fully saturated rings. The molecule has 0 amide bonds. The molecule has 1 aliphatic heterocycles. The normalized spacial score (nSPS) is 17.8. The Morgan fingerprint density at radius 1 is 1.07 bits per heavy atom. The molecule has 2 aromatic carbocycles. The highest BCUT2D eigenvalue weighted by atomic mass is 32.2. The van der Waals surface area contributed by atoms with Crippen LogP contribution in [0.4, 0.5) is 22.0 Å². The summed E-state index contributed by atoms with van der Waals surface area (Å²) < 4.78 is 95.3. The first-order valence-electron chi connectivity index (χ1n) is 12.4. The molecule has 0 bridgehead atoms. The van der Waals surface area contributed by atoms with Crippen LogP contribution in [0.1, 0.15) is 35.6 Å². The van der Waals surface area contributed by atoms with E-state index >= 15 is 0 Å². The maximum absolute atomic E-state index is 13.3. The van der Waals surface area contributed by atoms with Gasteiger partial charge < -0.3 is 0 Å². The molecule has 0 N–H and O–H groups in total. The highest BCUT2D eigenvalue weighted by molar-refractivity contribution is 7.89. The number of nitrogens with zero attached hydrogens (tertiary/aromatic N) is 7. The van der Waals surface area contributed by atoms with Crippen LogP contribution in [0.15, 0.2) is 53.8 Å². The molecular formula is C25H26F5N7O2S. The fourth-order valence-electron chi connectivity index (χ4n) is 4.98. The summed E-state index contributed by atoms with van der Waals surface area (Å²) in [7, 11) is -2.55. The Hall–Kier alpha value is -3.43. The van der Waals surface area contributed by atoms with E-state index in [1.54, 1.807) is 36.2 Å². The molecule has 1 aliphatic rings. The van der Waals surface area contributed by atoms with Crippen molar-refractivity contribution in [2.24, 2.45) is 7.05 Å². The molecule has 0 aliphatic carbocycles. The van der Waals surface area contributed by atoms with Crippen molar-refractivity contribution in [2.75, 3.05) is 26.2 Å². The van der Waals surface area contributed by atoms with Crippen molar-refractivity contribution in [2.45, 2.75) is 37.0 Å². The van der Waals surface area contributed by atoms with Crippen LogP contribution in [0, 0.1) is 6.92 Å². The average molecular weight is 584 g/mol. The van der Waals surface area contributed by atoms with Gasteiger partial charge in [0.05, 0.1) is 30.0 Å². The van der Waals surface area contributed by atoms with Gasteiger partial charge in [0.15, 0.2) is 0 Å². The van der Waals surface area contributed by atoms with Crippen LogP contribution in [0.3, 0.4) is 0 Å². The van der Waals surface area contributed by atoms with Gasteiger partial charge in [0.25, 0.3) is 16.4 Å². The average Bonchev–Trinajstić information content (AvgIpc) is 3.53. The van der Waals surface area contributed by atoms with Gasteiger partial charge in [-0.2, -0.15) is 32.5 Å². The van der Waals surface area contributed by atoms with Crippen molar-refractivity contribution in [3.05, 3.63) is 65.5 Å². The molecule has 15 heteroatoms. The first-order valence-corrected chi connectivity index (χ1v) is 13.8. The molecule has 214 valence electrons. The van der Waals surface area contributed by atoms with Crippen molar-refractivity contribution >= 4 is 20.9 Å². The topological polar surface area (TPSA) is 89.2 Å². The van der Waals surface area contributed by atoms with E-state index in [-0.39, 0.29) is 36.8 Å².